The van der Waals surface area contributed by atoms with Gasteiger partial charge >= 0.3 is 0 Å². The van der Waals surface area contributed by atoms with E-state index in [9.17, 15) is 4.79 Å². The summed E-state index contributed by atoms with van der Waals surface area (Å²) in [7, 11) is 0. The molecule has 1 saturated carbocycles. The molecule has 0 radical (unpaired) electrons. The zero-order valence-corrected chi connectivity index (χ0v) is 13.8. The second-order valence-electron chi connectivity index (χ2n) is 6.28. The van der Waals surface area contributed by atoms with Gasteiger partial charge in [-0.3, -0.25) is 4.79 Å². The van der Waals surface area contributed by atoms with E-state index >= 15 is 0 Å². The maximum atomic E-state index is 12.5. The highest BCUT2D eigenvalue weighted by Crippen LogP contribution is 2.37. The molecule has 1 amide bonds. The van der Waals surface area contributed by atoms with E-state index in [0.717, 1.165) is 18.4 Å². The van der Waals surface area contributed by atoms with Crippen LogP contribution in [-0.4, -0.2) is 32.9 Å². The summed E-state index contributed by atoms with van der Waals surface area (Å²) in [5, 5.41) is 14.9. The summed E-state index contributed by atoms with van der Waals surface area (Å²) in [5.74, 6) is 1.72. The molecule has 0 bridgehead atoms. The predicted octanol–water partition coefficient (Wildman–Crippen LogP) is 2.66. The Labute approximate surface area is 148 Å². The minimum absolute atomic E-state index is 0.179. The molecule has 1 aromatic heterocycles. The van der Waals surface area contributed by atoms with Crippen LogP contribution in [0.4, 0.5) is 5.69 Å². The molecule has 1 aliphatic heterocycles. The van der Waals surface area contributed by atoms with Gasteiger partial charge in [0.15, 0.2) is 17.3 Å². The quantitative estimate of drug-likeness (QED) is 0.779. The molecule has 0 saturated heterocycles. The van der Waals surface area contributed by atoms with Crippen molar-refractivity contribution in [1.29, 1.82) is 0 Å². The summed E-state index contributed by atoms with van der Waals surface area (Å²) >= 11 is 0. The third-order valence-electron chi connectivity index (χ3n) is 4.40. The highest BCUT2D eigenvalue weighted by Gasteiger charge is 2.28. The largest absolute Gasteiger partial charge is 0.454 e. The Hall–Kier alpha value is -3.42. The first kappa shape index (κ1) is 14.9. The summed E-state index contributed by atoms with van der Waals surface area (Å²) in [6.07, 6.45) is 2.19. The van der Waals surface area contributed by atoms with E-state index in [1.165, 1.54) is 0 Å². The minimum Gasteiger partial charge on any atom is -0.454 e. The van der Waals surface area contributed by atoms with Crippen molar-refractivity contribution in [1.82, 2.24) is 20.2 Å². The normalized spacial score (nSPS) is 15.1. The number of amides is 1. The Morgan fingerprint density at radius 1 is 1.12 bits per heavy atom. The van der Waals surface area contributed by atoms with Gasteiger partial charge in [-0.1, -0.05) is 12.1 Å². The van der Waals surface area contributed by atoms with Crippen LogP contribution in [0.15, 0.2) is 42.5 Å². The van der Waals surface area contributed by atoms with Crippen LogP contribution < -0.4 is 14.8 Å². The summed E-state index contributed by atoms with van der Waals surface area (Å²) in [6.45, 7) is 0.179. The number of ether oxygens (including phenoxy) is 2. The Morgan fingerprint density at radius 3 is 2.88 bits per heavy atom. The van der Waals surface area contributed by atoms with Crippen LogP contribution in [0.5, 0.6) is 11.5 Å². The molecule has 5 rings (SSSR count). The number of hydrogen-bond acceptors (Lipinski definition) is 6. The Morgan fingerprint density at radius 2 is 2.00 bits per heavy atom. The van der Waals surface area contributed by atoms with Gasteiger partial charge in [0.25, 0.3) is 5.91 Å². The van der Waals surface area contributed by atoms with Crippen LogP contribution in [0.25, 0.3) is 11.4 Å². The van der Waals surface area contributed by atoms with Crippen molar-refractivity contribution in [3.8, 4) is 22.9 Å². The van der Waals surface area contributed by atoms with Crippen molar-refractivity contribution in [2.75, 3.05) is 12.1 Å². The van der Waals surface area contributed by atoms with E-state index in [1.54, 1.807) is 18.2 Å². The molecular weight excluding hydrogens is 334 g/mol. The highest BCUT2D eigenvalue weighted by molar-refractivity contribution is 6.04. The van der Waals surface area contributed by atoms with Gasteiger partial charge in [0, 0.05) is 16.8 Å². The first-order valence-electron chi connectivity index (χ1n) is 8.37. The van der Waals surface area contributed by atoms with E-state index in [1.807, 2.05) is 28.9 Å². The van der Waals surface area contributed by atoms with Crippen molar-refractivity contribution in [3.05, 3.63) is 48.0 Å². The lowest BCUT2D eigenvalue weighted by molar-refractivity contribution is 0.102. The fraction of sp³-hybridized carbons (Fsp3) is 0.222. The van der Waals surface area contributed by atoms with Gasteiger partial charge in [-0.2, -0.15) is 0 Å². The molecule has 0 atom stereocenters. The standard InChI is InChI=1S/C18H15N5O3/c24-18(12-4-7-15-16(9-12)26-10-25-15)19-13-3-1-2-11(8-13)17-20-21-22-23(17)14-5-6-14/h1-4,7-9,14H,5-6,10H2,(H,19,24). The number of anilines is 1. The van der Waals surface area contributed by atoms with E-state index in [4.69, 9.17) is 9.47 Å². The lowest BCUT2D eigenvalue weighted by atomic mass is 10.1. The van der Waals surface area contributed by atoms with Crippen LogP contribution >= 0.6 is 0 Å². The summed E-state index contributed by atoms with van der Waals surface area (Å²) in [6, 6.07) is 13.0. The van der Waals surface area contributed by atoms with Crippen molar-refractivity contribution < 1.29 is 14.3 Å². The molecule has 0 spiro atoms. The van der Waals surface area contributed by atoms with Crippen molar-refractivity contribution in [2.24, 2.45) is 0 Å². The molecule has 8 nitrogen and oxygen atoms in total. The molecule has 2 aliphatic rings. The average molecular weight is 349 g/mol. The van der Waals surface area contributed by atoms with Crippen molar-refractivity contribution in [2.45, 2.75) is 18.9 Å². The van der Waals surface area contributed by atoms with E-state index in [0.29, 0.717) is 34.6 Å². The molecule has 0 unspecified atom stereocenters. The number of nitrogens with zero attached hydrogens (tertiary/aromatic N) is 4. The number of tetrazole rings is 1. The van der Waals surface area contributed by atoms with Crippen molar-refractivity contribution in [3.63, 3.8) is 0 Å². The number of benzene rings is 2. The topological polar surface area (TPSA) is 91.2 Å². The smallest absolute Gasteiger partial charge is 0.255 e. The molecule has 1 aliphatic carbocycles. The molecule has 1 N–H and O–H groups in total. The van der Waals surface area contributed by atoms with Crippen LogP contribution in [0, 0.1) is 0 Å². The molecule has 8 heteroatoms. The molecule has 2 aromatic carbocycles. The third-order valence-corrected chi connectivity index (χ3v) is 4.40. The average Bonchev–Trinajstić information content (AvgIpc) is 3.20. The van der Waals surface area contributed by atoms with Gasteiger partial charge in [-0.05, 0) is 53.6 Å². The number of hydrogen-bond donors (Lipinski definition) is 1. The van der Waals surface area contributed by atoms with Gasteiger partial charge in [0.2, 0.25) is 6.79 Å². The number of fused-ring (bicyclic) bond motifs is 1. The van der Waals surface area contributed by atoms with Crippen LogP contribution in [-0.2, 0) is 0 Å². The molecule has 3 aromatic rings. The maximum Gasteiger partial charge on any atom is 0.255 e. The maximum absolute atomic E-state index is 12.5. The monoisotopic (exact) mass is 349 g/mol. The Bertz CT molecular complexity index is 996. The third kappa shape index (κ3) is 2.65. The summed E-state index contributed by atoms with van der Waals surface area (Å²) < 4.78 is 12.4. The molecule has 130 valence electrons. The zero-order valence-electron chi connectivity index (χ0n) is 13.8. The summed E-state index contributed by atoms with van der Waals surface area (Å²) in [4.78, 5) is 12.5. The minimum atomic E-state index is -0.220. The number of nitrogens with one attached hydrogen (secondary N) is 1. The Balaban J connectivity index is 1.39. The van der Waals surface area contributed by atoms with Gasteiger partial charge in [-0.15, -0.1) is 5.10 Å². The van der Waals surface area contributed by atoms with Gasteiger partial charge in [0.05, 0.1) is 6.04 Å². The highest BCUT2D eigenvalue weighted by atomic mass is 16.7. The number of aromatic nitrogens is 4. The van der Waals surface area contributed by atoms with Gasteiger partial charge < -0.3 is 14.8 Å². The number of carbonyl (C=O) groups is 1. The van der Waals surface area contributed by atoms with Crippen LogP contribution in [0.2, 0.25) is 0 Å². The zero-order chi connectivity index (χ0) is 17.5. The fourth-order valence-electron chi connectivity index (χ4n) is 2.93. The fourth-order valence-corrected chi connectivity index (χ4v) is 2.93. The lowest BCUT2D eigenvalue weighted by Crippen LogP contribution is -2.11. The number of carbonyl (C=O) groups excluding carboxylic acids is 1. The van der Waals surface area contributed by atoms with Gasteiger partial charge in [-0.25, -0.2) is 4.68 Å². The molecular formula is C18H15N5O3. The molecule has 1 fully saturated rings. The van der Waals surface area contributed by atoms with E-state index in [2.05, 4.69) is 20.8 Å². The number of rotatable bonds is 4. The predicted molar refractivity (Wildman–Crippen MR) is 92.0 cm³/mol. The first-order valence-corrected chi connectivity index (χ1v) is 8.37. The second-order valence-corrected chi connectivity index (χ2v) is 6.28. The van der Waals surface area contributed by atoms with E-state index < -0.39 is 0 Å². The first-order chi connectivity index (χ1) is 12.8. The van der Waals surface area contributed by atoms with Crippen LogP contribution in [0.3, 0.4) is 0 Å². The molecule has 26 heavy (non-hydrogen) atoms. The Kier molecular flexibility index (Phi) is 3.34. The molecule has 2 heterocycles. The van der Waals surface area contributed by atoms with Crippen molar-refractivity contribution >= 4 is 11.6 Å². The van der Waals surface area contributed by atoms with E-state index in [-0.39, 0.29) is 12.7 Å². The lowest BCUT2D eigenvalue weighted by Gasteiger charge is -2.08. The second kappa shape index (κ2) is 5.83. The SMILES string of the molecule is O=C(Nc1cccc(-c2nnnn2C2CC2)c1)c1ccc2c(c1)OCO2. The summed E-state index contributed by atoms with van der Waals surface area (Å²) in [5.41, 5.74) is 2.04. The van der Waals surface area contributed by atoms with Crippen LogP contribution in [0.1, 0.15) is 29.2 Å². The van der Waals surface area contributed by atoms with Gasteiger partial charge in [0.1, 0.15) is 0 Å².